The summed E-state index contributed by atoms with van der Waals surface area (Å²) in [5, 5.41) is 0. The topological polar surface area (TPSA) is 26.3 Å². The number of carbonyl (C=O) groups is 1. The summed E-state index contributed by atoms with van der Waals surface area (Å²) in [5.74, 6) is 8.63. The third-order valence-corrected chi connectivity index (χ3v) is 11.5. The largest absolute Gasteiger partial charge is 0.431 e. The Bertz CT molecular complexity index is 805. The summed E-state index contributed by atoms with van der Waals surface area (Å²) >= 11 is 0. The highest BCUT2D eigenvalue weighted by molar-refractivity contribution is 5.70. The molecular formula is C36H58O2. The molecule has 0 spiro atoms. The van der Waals surface area contributed by atoms with Gasteiger partial charge in [-0.15, -0.1) is 12.3 Å². The van der Waals surface area contributed by atoms with Crippen molar-refractivity contribution < 1.29 is 9.53 Å². The molecule has 7 atom stereocenters. The molecule has 2 nitrogen and oxygen atoms in total. The molecule has 38 heavy (non-hydrogen) atoms. The summed E-state index contributed by atoms with van der Waals surface area (Å²) in [7, 11) is 0. The number of carbonyl (C=O) groups excluding carboxylic acids is 1. The molecule has 2 heteroatoms. The minimum absolute atomic E-state index is 0.00834. The van der Waals surface area contributed by atoms with E-state index in [0.29, 0.717) is 23.7 Å². The molecule has 4 rings (SSSR count). The van der Waals surface area contributed by atoms with Gasteiger partial charge in [0.1, 0.15) is 5.76 Å². The predicted molar refractivity (Wildman–Crippen MR) is 159 cm³/mol. The number of unbranched alkanes of at least 4 members (excludes halogenated alkanes) is 12. The van der Waals surface area contributed by atoms with E-state index in [-0.39, 0.29) is 5.97 Å². The summed E-state index contributed by atoms with van der Waals surface area (Å²) in [4.78, 5) is 12.6. The third kappa shape index (κ3) is 7.49. The van der Waals surface area contributed by atoms with Gasteiger partial charge in [0.05, 0.1) is 0 Å². The predicted octanol–water partition coefficient (Wildman–Crippen LogP) is 10.4. The first kappa shape index (κ1) is 29.7. The molecule has 0 N–H and O–H groups in total. The third-order valence-electron chi connectivity index (χ3n) is 11.5. The average Bonchev–Trinajstić information content (AvgIpc) is 3.27. The molecule has 3 fully saturated rings. The first-order chi connectivity index (χ1) is 18.6. The van der Waals surface area contributed by atoms with Crippen LogP contribution in [0.25, 0.3) is 0 Å². The van der Waals surface area contributed by atoms with Gasteiger partial charge in [0, 0.05) is 18.8 Å². The van der Waals surface area contributed by atoms with Crippen molar-refractivity contribution in [1.29, 1.82) is 0 Å². The molecular weight excluding hydrogens is 464 g/mol. The number of fused-ring (bicyclic) bond motifs is 5. The molecule has 4 aliphatic rings. The molecule has 1 unspecified atom stereocenters. The van der Waals surface area contributed by atoms with E-state index in [4.69, 9.17) is 11.2 Å². The van der Waals surface area contributed by atoms with Gasteiger partial charge in [-0.25, -0.2) is 0 Å². The zero-order chi connectivity index (χ0) is 26.8. The molecule has 0 bridgehead atoms. The zero-order valence-electron chi connectivity index (χ0n) is 25.0. The van der Waals surface area contributed by atoms with Gasteiger partial charge in [-0.3, -0.25) is 4.79 Å². The van der Waals surface area contributed by atoms with E-state index in [2.05, 4.69) is 25.8 Å². The van der Waals surface area contributed by atoms with E-state index in [1.54, 1.807) is 0 Å². The van der Waals surface area contributed by atoms with E-state index in [1.165, 1.54) is 116 Å². The van der Waals surface area contributed by atoms with Crippen LogP contribution in [0.1, 0.15) is 155 Å². The highest BCUT2D eigenvalue weighted by atomic mass is 16.5. The number of ether oxygens (including phenoxy) is 1. The molecule has 0 radical (unpaired) electrons. The van der Waals surface area contributed by atoms with E-state index in [0.717, 1.165) is 48.7 Å². The Morgan fingerprint density at radius 1 is 0.868 bits per heavy atom. The van der Waals surface area contributed by atoms with Crippen LogP contribution in [-0.4, -0.2) is 5.97 Å². The Kier molecular flexibility index (Phi) is 11.7. The quantitative estimate of drug-likeness (QED) is 0.121. The summed E-state index contributed by atoms with van der Waals surface area (Å²) in [6, 6.07) is 0. The molecule has 0 aromatic heterocycles. The maximum Gasteiger partial charge on any atom is 0.310 e. The molecule has 0 saturated heterocycles. The molecule has 0 aromatic rings. The zero-order valence-corrected chi connectivity index (χ0v) is 25.0. The van der Waals surface area contributed by atoms with Gasteiger partial charge in [0.2, 0.25) is 0 Å². The molecule has 214 valence electrons. The van der Waals surface area contributed by atoms with Crippen LogP contribution in [0.3, 0.4) is 0 Å². The second kappa shape index (κ2) is 15.0. The first-order valence-corrected chi connectivity index (χ1v) is 16.9. The van der Waals surface area contributed by atoms with Crippen molar-refractivity contribution in [2.75, 3.05) is 0 Å². The summed E-state index contributed by atoms with van der Waals surface area (Å²) in [6.45, 7) is 4.79. The second-order valence-electron chi connectivity index (χ2n) is 13.9. The van der Waals surface area contributed by atoms with Crippen LogP contribution < -0.4 is 0 Å². The average molecular weight is 523 g/mol. The van der Waals surface area contributed by atoms with Crippen molar-refractivity contribution in [2.24, 2.45) is 40.9 Å². The highest BCUT2D eigenvalue weighted by Gasteiger charge is 2.56. The van der Waals surface area contributed by atoms with Crippen LogP contribution in [0, 0.1) is 53.3 Å². The highest BCUT2D eigenvalue weighted by Crippen LogP contribution is 2.64. The Labute approximate surface area is 235 Å². The van der Waals surface area contributed by atoms with Crippen molar-refractivity contribution in [3.8, 4) is 12.3 Å². The fourth-order valence-corrected chi connectivity index (χ4v) is 9.28. The lowest BCUT2D eigenvalue weighted by Crippen LogP contribution is -2.47. The molecule has 3 saturated carbocycles. The summed E-state index contributed by atoms with van der Waals surface area (Å²) < 4.78 is 5.96. The van der Waals surface area contributed by atoms with Gasteiger partial charge in [-0.05, 0) is 92.4 Å². The van der Waals surface area contributed by atoms with Crippen LogP contribution in [0.15, 0.2) is 11.8 Å². The monoisotopic (exact) mass is 522 g/mol. The van der Waals surface area contributed by atoms with Crippen LogP contribution in [0.2, 0.25) is 0 Å². The molecule has 0 aromatic carbocycles. The van der Waals surface area contributed by atoms with Crippen molar-refractivity contribution in [3.63, 3.8) is 0 Å². The lowest BCUT2D eigenvalue weighted by atomic mass is 9.50. The first-order valence-electron chi connectivity index (χ1n) is 16.9. The van der Waals surface area contributed by atoms with Gasteiger partial charge in [0.15, 0.2) is 0 Å². The lowest BCUT2D eigenvalue weighted by molar-refractivity contribution is -0.140. The Morgan fingerprint density at radius 2 is 1.53 bits per heavy atom. The van der Waals surface area contributed by atoms with E-state index in [1.807, 2.05) is 0 Å². The minimum atomic E-state index is 0.00834. The van der Waals surface area contributed by atoms with Gasteiger partial charge in [0.25, 0.3) is 0 Å². The van der Waals surface area contributed by atoms with Crippen LogP contribution in [0.5, 0.6) is 0 Å². The van der Waals surface area contributed by atoms with Crippen LogP contribution >= 0.6 is 0 Å². The summed E-state index contributed by atoms with van der Waals surface area (Å²) in [6.07, 6.45) is 36.2. The normalized spacial score (nSPS) is 34.0. The minimum Gasteiger partial charge on any atom is -0.431 e. The Hall–Kier alpha value is -1.23. The van der Waals surface area contributed by atoms with Gasteiger partial charge in [-0.2, -0.15) is 0 Å². The number of hydrogen-bond acceptors (Lipinski definition) is 2. The van der Waals surface area contributed by atoms with Crippen molar-refractivity contribution >= 4 is 5.97 Å². The van der Waals surface area contributed by atoms with Crippen LogP contribution in [-0.2, 0) is 9.53 Å². The number of allylic oxidation sites excluding steroid dienone is 2. The molecule has 0 aliphatic heterocycles. The maximum atomic E-state index is 12.6. The van der Waals surface area contributed by atoms with E-state index >= 15 is 0 Å². The van der Waals surface area contributed by atoms with Gasteiger partial charge in [-0.1, -0.05) is 90.9 Å². The maximum absolute atomic E-state index is 12.6. The standard InChI is InChI=1S/C36H58O2/c1-4-6-7-8-9-10-11-12-13-14-15-16-17-18-35(37)38-30-22-19-28-20-23-32-31(33(28)27-30)25-26-36(3)29(5-2)21-24-34(32)36/h2,22,28-29,31-34H,4,6-21,23-27H2,1,3H3/t28?,29-,31-,32+,33-,34-,36+/m0/s1. The van der Waals surface area contributed by atoms with Crippen LogP contribution in [0.4, 0.5) is 0 Å². The Balaban J connectivity index is 1.09. The number of terminal acetylenes is 1. The van der Waals surface area contributed by atoms with Gasteiger partial charge < -0.3 is 4.74 Å². The van der Waals surface area contributed by atoms with E-state index < -0.39 is 0 Å². The molecule has 0 heterocycles. The second-order valence-corrected chi connectivity index (χ2v) is 13.9. The van der Waals surface area contributed by atoms with Crippen molar-refractivity contribution in [3.05, 3.63) is 11.8 Å². The fourth-order valence-electron chi connectivity index (χ4n) is 9.28. The number of rotatable bonds is 15. The van der Waals surface area contributed by atoms with Crippen molar-refractivity contribution in [2.45, 2.75) is 155 Å². The lowest BCUT2D eigenvalue weighted by Gasteiger charge is -2.55. The number of hydrogen-bond donors (Lipinski definition) is 0. The molecule has 0 amide bonds. The fraction of sp³-hybridized carbons (Fsp3) is 0.861. The van der Waals surface area contributed by atoms with Gasteiger partial charge >= 0.3 is 5.97 Å². The van der Waals surface area contributed by atoms with Crippen molar-refractivity contribution in [1.82, 2.24) is 0 Å². The molecule has 4 aliphatic carbocycles. The summed E-state index contributed by atoms with van der Waals surface area (Å²) in [5.41, 5.74) is 0.371. The van der Waals surface area contributed by atoms with E-state index in [9.17, 15) is 4.79 Å². The Morgan fingerprint density at radius 3 is 2.18 bits per heavy atom. The smallest absolute Gasteiger partial charge is 0.310 e. The SMILES string of the molecule is C#C[C@H]1CC[C@H]2[C@@H]3CCC4CC=C(OC(=O)CCCCCCCCCCCCCCC)C[C@@H]4[C@H]3CC[C@]12C. The number of esters is 1.